The molecular weight excluding hydrogens is 348 g/mol. The number of rotatable bonds is 3. The Labute approximate surface area is 161 Å². The molecular formula is C20H32N2O5. The summed E-state index contributed by atoms with van der Waals surface area (Å²) in [6.45, 7) is 12.3. The van der Waals surface area contributed by atoms with Crippen LogP contribution in [0.25, 0.3) is 0 Å². The molecule has 1 aliphatic rings. The number of aliphatic hydroxyl groups excluding tert-OH is 1. The molecule has 1 aromatic rings. The maximum atomic E-state index is 12.5. The Bertz CT molecular complexity index is 633. The lowest BCUT2D eigenvalue weighted by atomic mass is 10.0. The molecule has 152 valence electrons. The lowest BCUT2D eigenvalue weighted by Crippen LogP contribution is -2.55. The van der Waals surface area contributed by atoms with Gasteiger partial charge in [0.2, 0.25) is 6.41 Å². The van der Waals surface area contributed by atoms with Gasteiger partial charge in [-0.1, -0.05) is 12.1 Å². The number of hydrogen-bond acceptors (Lipinski definition) is 6. The summed E-state index contributed by atoms with van der Waals surface area (Å²) >= 11 is 0. The first-order valence-electron chi connectivity index (χ1n) is 9.24. The van der Waals surface area contributed by atoms with E-state index in [1.54, 1.807) is 29.2 Å². The molecule has 2 unspecified atom stereocenters. The first-order valence-corrected chi connectivity index (χ1v) is 9.24. The van der Waals surface area contributed by atoms with Gasteiger partial charge in [0.1, 0.15) is 11.4 Å². The Morgan fingerprint density at radius 2 is 1.67 bits per heavy atom. The van der Waals surface area contributed by atoms with Crippen LogP contribution in [0.3, 0.4) is 0 Å². The summed E-state index contributed by atoms with van der Waals surface area (Å²) in [5, 5.41) is 20.2. The number of phenols is 1. The Balaban J connectivity index is 2.23. The maximum absolute atomic E-state index is 12.5. The molecule has 1 fully saturated rings. The standard InChI is InChI=1S/C20H32N2O5/c1-19(2,3)26-17(24)21-11-12-22(18(25)27-20(4,5)6)16(13-21)14-7-9-15(23)10-8-14/h7-10,16,18,23,25H,11-13H2,1-6H3. The van der Waals surface area contributed by atoms with E-state index >= 15 is 0 Å². The van der Waals surface area contributed by atoms with Crippen LogP contribution in [0.2, 0.25) is 0 Å². The van der Waals surface area contributed by atoms with Gasteiger partial charge >= 0.3 is 6.09 Å². The van der Waals surface area contributed by atoms with E-state index in [4.69, 9.17) is 9.47 Å². The summed E-state index contributed by atoms with van der Waals surface area (Å²) < 4.78 is 11.2. The highest BCUT2D eigenvalue weighted by molar-refractivity contribution is 5.68. The lowest BCUT2D eigenvalue weighted by molar-refractivity contribution is -0.255. The zero-order chi connectivity index (χ0) is 20.4. The van der Waals surface area contributed by atoms with E-state index in [2.05, 4.69) is 0 Å². The van der Waals surface area contributed by atoms with E-state index in [-0.39, 0.29) is 17.9 Å². The highest BCUT2D eigenvalue weighted by Crippen LogP contribution is 2.30. The third-order valence-corrected chi connectivity index (χ3v) is 4.09. The second kappa shape index (κ2) is 8.04. The molecule has 0 bridgehead atoms. The maximum Gasteiger partial charge on any atom is 0.410 e. The average Bonchev–Trinajstić information content (AvgIpc) is 2.52. The number of aromatic hydroxyl groups is 1. The number of carbonyl (C=O) groups excluding carboxylic acids is 1. The molecule has 0 spiro atoms. The largest absolute Gasteiger partial charge is 0.508 e. The highest BCUT2D eigenvalue weighted by Gasteiger charge is 2.37. The number of benzene rings is 1. The third kappa shape index (κ3) is 6.37. The summed E-state index contributed by atoms with van der Waals surface area (Å²) in [4.78, 5) is 16.0. The topological polar surface area (TPSA) is 82.5 Å². The van der Waals surface area contributed by atoms with Crippen LogP contribution in [0.15, 0.2) is 24.3 Å². The minimum Gasteiger partial charge on any atom is -0.508 e. The molecule has 7 heteroatoms. The van der Waals surface area contributed by atoms with E-state index in [0.29, 0.717) is 19.6 Å². The molecule has 1 amide bonds. The van der Waals surface area contributed by atoms with E-state index in [9.17, 15) is 15.0 Å². The van der Waals surface area contributed by atoms with Crippen molar-refractivity contribution in [3.8, 4) is 5.75 Å². The van der Waals surface area contributed by atoms with Crippen LogP contribution in [0, 0.1) is 0 Å². The molecule has 2 rings (SSSR count). The highest BCUT2D eigenvalue weighted by atomic mass is 16.6. The first-order chi connectivity index (χ1) is 12.4. The number of aliphatic hydroxyl groups is 1. The lowest BCUT2D eigenvalue weighted by Gasteiger charge is -2.44. The van der Waals surface area contributed by atoms with Gasteiger partial charge in [0.05, 0.1) is 11.6 Å². The monoisotopic (exact) mass is 380 g/mol. The van der Waals surface area contributed by atoms with Crippen LogP contribution >= 0.6 is 0 Å². The Kier molecular flexibility index (Phi) is 6.39. The second-order valence-corrected chi connectivity index (χ2v) is 8.83. The van der Waals surface area contributed by atoms with Crippen LogP contribution in [-0.4, -0.2) is 63.4 Å². The fraction of sp³-hybridized carbons (Fsp3) is 0.650. The smallest absolute Gasteiger partial charge is 0.410 e. The van der Waals surface area contributed by atoms with Crippen molar-refractivity contribution in [1.29, 1.82) is 0 Å². The number of hydrogen-bond donors (Lipinski definition) is 2. The number of phenolic OH excluding ortho intramolecular Hbond substituents is 1. The molecule has 0 radical (unpaired) electrons. The van der Waals surface area contributed by atoms with Crippen molar-refractivity contribution in [2.75, 3.05) is 19.6 Å². The van der Waals surface area contributed by atoms with Crippen molar-refractivity contribution in [3.63, 3.8) is 0 Å². The number of piperazine rings is 1. The van der Waals surface area contributed by atoms with Crippen molar-refractivity contribution < 1.29 is 24.5 Å². The molecule has 0 aliphatic carbocycles. The molecule has 1 aliphatic heterocycles. The van der Waals surface area contributed by atoms with Gasteiger partial charge in [0, 0.05) is 19.6 Å². The Morgan fingerprint density at radius 1 is 1.07 bits per heavy atom. The van der Waals surface area contributed by atoms with Gasteiger partial charge in [0.25, 0.3) is 0 Å². The molecule has 2 N–H and O–H groups in total. The van der Waals surface area contributed by atoms with Gasteiger partial charge in [-0.25, -0.2) is 9.69 Å². The minimum absolute atomic E-state index is 0.164. The van der Waals surface area contributed by atoms with Gasteiger partial charge in [-0.15, -0.1) is 0 Å². The number of nitrogens with zero attached hydrogens (tertiary/aromatic N) is 2. The van der Waals surface area contributed by atoms with Gasteiger partial charge in [-0.05, 0) is 59.2 Å². The van der Waals surface area contributed by atoms with Gasteiger partial charge < -0.3 is 24.6 Å². The molecule has 1 heterocycles. The predicted octanol–water partition coefficient (Wildman–Crippen LogP) is 3.08. The summed E-state index contributed by atoms with van der Waals surface area (Å²) in [6, 6.07) is 6.47. The summed E-state index contributed by atoms with van der Waals surface area (Å²) in [5.41, 5.74) is -0.212. The summed E-state index contributed by atoms with van der Waals surface area (Å²) in [7, 11) is 0. The Hall–Kier alpha value is -1.83. The second-order valence-electron chi connectivity index (χ2n) is 8.83. The van der Waals surface area contributed by atoms with Gasteiger partial charge in [0.15, 0.2) is 0 Å². The third-order valence-electron chi connectivity index (χ3n) is 4.09. The zero-order valence-electron chi connectivity index (χ0n) is 17.1. The van der Waals surface area contributed by atoms with Crippen molar-refractivity contribution in [2.24, 2.45) is 0 Å². The first kappa shape index (κ1) is 21.5. The van der Waals surface area contributed by atoms with Crippen LogP contribution in [-0.2, 0) is 9.47 Å². The zero-order valence-corrected chi connectivity index (χ0v) is 17.1. The van der Waals surface area contributed by atoms with E-state index in [1.807, 2.05) is 46.4 Å². The van der Waals surface area contributed by atoms with Gasteiger partial charge in [-0.3, -0.25) is 0 Å². The van der Waals surface area contributed by atoms with E-state index in [0.717, 1.165) is 5.56 Å². The van der Waals surface area contributed by atoms with Crippen LogP contribution < -0.4 is 0 Å². The fourth-order valence-electron chi connectivity index (χ4n) is 2.93. The van der Waals surface area contributed by atoms with Crippen molar-refractivity contribution in [3.05, 3.63) is 29.8 Å². The van der Waals surface area contributed by atoms with Crippen molar-refractivity contribution in [1.82, 2.24) is 9.80 Å². The quantitative estimate of drug-likeness (QED) is 0.784. The van der Waals surface area contributed by atoms with Crippen molar-refractivity contribution >= 4 is 6.09 Å². The number of carbonyl (C=O) groups is 1. The van der Waals surface area contributed by atoms with E-state index in [1.165, 1.54) is 0 Å². The van der Waals surface area contributed by atoms with Crippen LogP contribution in [0.5, 0.6) is 5.75 Å². The SMILES string of the molecule is CC(C)(C)OC(=O)N1CCN(C(O)OC(C)(C)C)C(c2ccc(O)cc2)C1. The van der Waals surface area contributed by atoms with Crippen molar-refractivity contribution in [2.45, 2.75) is 65.2 Å². The normalized spacial score (nSPS) is 20.4. The van der Waals surface area contributed by atoms with Crippen LogP contribution in [0.1, 0.15) is 53.1 Å². The Morgan fingerprint density at radius 3 is 2.19 bits per heavy atom. The molecule has 1 aromatic carbocycles. The summed E-state index contributed by atoms with van der Waals surface area (Å²) in [5.74, 6) is 0.164. The molecule has 0 aromatic heterocycles. The van der Waals surface area contributed by atoms with E-state index < -0.39 is 17.6 Å². The molecule has 2 atom stereocenters. The molecule has 0 saturated carbocycles. The molecule has 27 heavy (non-hydrogen) atoms. The predicted molar refractivity (Wildman–Crippen MR) is 102 cm³/mol. The average molecular weight is 380 g/mol. The molecule has 7 nitrogen and oxygen atoms in total. The minimum atomic E-state index is -1.11. The van der Waals surface area contributed by atoms with Crippen LogP contribution in [0.4, 0.5) is 4.79 Å². The number of amides is 1. The summed E-state index contributed by atoms with van der Waals surface area (Å²) in [6.07, 6.45) is -1.48. The van der Waals surface area contributed by atoms with Gasteiger partial charge in [-0.2, -0.15) is 0 Å². The fourth-order valence-corrected chi connectivity index (χ4v) is 2.93. The number of ether oxygens (including phenoxy) is 2. The molecule has 1 saturated heterocycles.